The molecule has 1 aromatic heterocycles. The summed E-state index contributed by atoms with van der Waals surface area (Å²) in [5, 5.41) is 0.240. The topological polar surface area (TPSA) is 114 Å². The fourth-order valence-corrected chi connectivity index (χ4v) is 3.28. The molecule has 1 aromatic carbocycles. The van der Waals surface area contributed by atoms with Gasteiger partial charge in [-0.2, -0.15) is 0 Å². The van der Waals surface area contributed by atoms with Gasteiger partial charge in [-0.05, 0) is 30.8 Å². The number of nitrogens with zero attached hydrogens (tertiary/aromatic N) is 3. The fourth-order valence-electron chi connectivity index (χ4n) is 2.34. The minimum atomic E-state index is -0.655. The Bertz CT molecular complexity index is 967. The van der Waals surface area contributed by atoms with E-state index in [4.69, 9.17) is 4.74 Å². The van der Waals surface area contributed by atoms with E-state index in [2.05, 4.69) is 19.7 Å². The zero-order valence-corrected chi connectivity index (χ0v) is 15.9. The van der Waals surface area contributed by atoms with Crippen LogP contribution < -0.4 is 4.90 Å². The van der Waals surface area contributed by atoms with Crippen molar-refractivity contribution < 1.29 is 23.9 Å². The molecular formula is C18H16N4O5S. The van der Waals surface area contributed by atoms with Crippen LogP contribution in [0.3, 0.4) is 0 Å². The van der Waals surface area contributed by atoms with Crippen LogP contribution in [-0.2, 0) is 19.1 Å². The van der Waals surface area contributed by atoms with E-state index in [1.807, 2.05) is 6.07 Å². The van der Waals surface area contributed by atoms with Crippen molar-refractivity contribution >= 4 is 46.3 Å². The molecule has 0 aliphatic carbocycles. The highest BCUT2D eigenvalue weighted by atomic mass is 32.2. The Balaban J connectivity index is 2.04. The van der Waals surface area contributed by atoms with Crippen molar-refractivity contribution in [2.24, 2.45) is 4.99 Å². The Kier molecular flexibility index (Phi) is 5.90. The average Bonchev–Trinajstić information content (AvgIpc) is 3.27. The van der Waals surface area contributed by atoms with Crippen LogP contribution in [0.1, 0.15) is 17.4 Å². The monoisotopic (exact) mass is 400 g/mol. The normalized spacial score (nSPS) is 16.6. The Morgan fingerprint density at radius 2 is 2.07 bits per heavy atom. The second-order valence-electron chi connectivity index (χ2n) is 5.33. The quantitative estimate of drug-likeness (QED) is 0.605. The van der Waals surface area contributed by atoms with Gasteiger partial charge in [0.25, 0.3) is 5.91 Å². The van der Waals surface area contributed by atoms with E-state index in [1.54, 1.807) is 31.2 Å². The number of esters is 2. The van der Waals surface area contributed by atoms with Gasteiger partial charge in [-0.15, -0.1) is 0 Å². The van der Waals surface area contributed by atoms with Crippen molar-refractivity contribution in [1.82, 2.24) is 9.97 Å². The van der Waals surface area contributed by atoms with E-state index in [1.165, 1.54) is 18.3 Å². The van der Waals surface area contributed by atoms with E-state index in [9.17, 15) is 14.4 Å². The minimum absolute atomic E-state index is 0.0702. The zero-order chi connectivity index (χ0) is 20.1. The number of imidazole rings is 1. The lowest BCUT2D eigenvalue weighted by Gasteiger charge is -2.15. The molecule has 2 heterocycles. The number of methoxy groups -OCH3 is 1. The molecule has 1 saturated heterocycles. The van der Waals surface area contributed by atoms with Gasteiger partial charge in [0.2, 0.25) is 0 Å². The van der Waals surface area contributed by atoms with Crippen LogP contribution in [0.15, 0.2) is 52.6 Å². The van der Waals surface area contributed by atoms with E-state index in [-0.39, 0.29) is 28.2 Å². The van der Waals surface area contributed by atoms with Crippen molar-refractivity contribution in [1.29, 1.82) is 0 Å². The van der Waals surface area contributed by atoms with Gasteiger partial charge < -0.3 is 14.5 Å². The number of nitrogens with one attached hydrogen (secondary N) is 1. The fraction of sp³-hybridized carbons (Fsp3) is 0.167. The van der Waals surface area contributed by atoms with Gasteiger partial charge in [0, 0.05) is 6.08 Å². The molecule has 1 amide bonds. The predicted molar refractivity (Wildman–Crippen MR) is 103 cm³/mol. The molecule has 0 bridgehead atoms. The first kappa shape index (κ1) is 19.4. The molecule has 2 aromatic rings. The molecule has 1 N–H and O–H groups in total. The Morgan fingerprint density at radius 3 is 2.75 bits per heavy atom. The third-order valence-corrected chi connectivity index (χ3v) is 4.54. The van der Waals surface area contributed by atoms with E-state index in [0.717, 1.165) is 17.8 Å². The molecule has 10 heteroatoms. The number of amidine groups is 1. The molecule has 9 nitrogen and oxygen atoms in total. The summed E-state index contributed by atoms with van der Waals surface area (Å²) in [6.07, 6.45) is 2.41. The highest BCUT2D eigenvalue weighted by Crippen LogP contribution is 2.36. The van der Waals surface area contributed by atoms with Gasteiger partial charge in [-0.25, -0.2) is 19.6 Å². The van der Waals surface area contributed by atoms with Crippen molar-refractivity contribution in [3.63, 3.8) is 0 Å². The maximum Gasteiger partial charge on any atom is 0.358 e. The molecule has 0 saturated carbocycles. The number of ether oxygens (including phenoxy) is 2. The number of benzene rings is 1. The molecule has 28 heavy (non-hydrogen) atoms. The lowest BCUT2D eigenvalue weighted by molar-refractivity contribution is -0.135. The standard InChI is InChI=1S/C18H16N4O5S/c1-3-27-17(25)14-15(20-10-19-14)21-18-22(11-7-5-4-6-8-11)16(24)12(28-18)9-13(23)26-2/h4-10H,3H2,1-2H3,(H,19,20)/b12-9-,21-18?. The number of H-pyrrole nitrogens is 1. The van der Waals surface area contributed by atoms with Crippen molar-refractivity contribution in [2.45, 2.75) is 6.92 Å². The summed E-state index contributed by atoms with van der Waals surface area (Å²) in [4.78, 5) is 49.0. The number of rotatable bonds is 5. The molecule has 0 unspecified atom stereocenters. The summed E-state index contributed by atoms with van der Waals surface area (Å²) in [5.74, 6) is -1.62. The number of thioether (sulfide) groups is 1. The second-order valence-corrected chi connectivity index (χ2v) is 6.34. The predicted octanol–water partition coefficient (Wildman–Crippen LogP) is 2.41. The SMILES string of the molecule is CCOC(=O)c1[nH]cnc1N=C1S/C(=C\C(=O)OC)C(=O)N1c1ccccc1. The average molecular weight is 400 g/mol. The Morgan fingerprint density at radius 1 is 1.32 bits per heavy atom. The lowest BCUT2D eigenvalue weighted by atomic mass is 10.3. The summed E-state index contributed by atoms with van der Waals surface area (Å²) < 4.78 is 9.58. The van der Waals surface area contributed by atoms with Crippen LogP contribution in [-0.4, -0.2) is 46.7 Å². The molecule has 0 atom stereocenters. The van der Waals surface area contributed by atoms with Gasteiger partial charge in [0.1, 0.15) is 0 Å². The number of anilines is 1. The van der Waals surface area contributed by atoms with Crippen molar-refractivity contribution in [3.05, 3.63) is 53.3 Å². The highest BCUT2D eigenvalue weighted by molar-refractivity contribution is 8.19. The van der Waals surface area contributed by atoms with Crippen molar-refractivity contribution in [3.8, 4) is 0 Å². The number of aromatic nitrogens is 2. The zero-order valence-electron chi connectivity index (χ0n) is 15.0. The first-order valence-electron chi connectivity index (χ1n) is 8.21. The third-order valence-electron chi connectivity index (χ3n) is 3.57. The number of aliphatic imine (C=N–C) groups is 1. The summed E-state index contributed by atoms with van der Waals surface area (Å²) in [7, 11) is 1.22. The largest absolute Gasteiger partial charge is 0.466 e. The number of amides is 1. The number of para-hydroxylation sites is 1. The maximum atomic E-state index is 12.8. The van der Waals surface area contributed by atoms with E-state index in [0.29, 0.717) is 5.69 Å². The third kappa shape index (κ3) is 3.96. The number of carbonyl (C=O) groups is 3. The van der Waals surface area contributed by atoms with Crippen LogP contribution in [0.2, 0.25) is 0 Å². The van der Waals surface area contributed by atoms with Crippen LogP contribution in [0, 0.1) is 0 Å². The van der Waals surface area contributed by atoms with Gasteiger partial charge in [0.05, 0.1) is 30.6 Å². The van der Waals surface area contributed by atoms with Crippen LogP contribution in [0.4, 0.5) is 11.5 Å². The molecular weight excluding hydrogens is 384 g/mol. The first-order chi connectivity index (χ1) is 13.5. The summed E-state index contributed by atoms with van der Waals surface area (Å²) in [6.45, 7) is 1.88. The van der Waals surface area contributed by atoms with Crippen molar-refractivity contribution in [2.75, 3.05) is 18.6 Å². The van der Waals surface area contributed by atoms with Crippen LogP contribution >= 0.6 is 11.8 Å². The highest BCUT2D eigenvalue weighted by Gasteiger charge is 2.36. The van der Waals surface area contributed by atoms with E-state index < -0.39 is 17.8 Å². The molecule has 0 radical (unpaired) electrons. The Hall–Kier alpha value is -3.40. The summed E-state index contributed by atoms with van der Waals surface area (Å²) in [6, 6.07) is 8.81. The van der Waals surface area contributed by atoms with Crippen LogP contribution in [0.25, 0.3) is 0 Å². The number of hydrogen-bond acceptors (Lipinski definition) is 8. The van der Waals surface area contributed by atoms with Crippen LogP contribution in [0.5, 0.6) is 0 Å². The van der Waals surface area contributed by atoms with Gasteiger partial charge in [-0.1, -0.05) is 18.2 Å². The summed E-state index contributed by atoms with van der Waals surface area (Å²) >= 11 is 0.978. The van der Waals surface area contributed by atoms with Gasteiger partial charge >= 0.3 is 11.9 Å². The van der Waals surface area contributed by atoms with E-state index >= 15 is 0 Å². The van der Waals surface area contributed by atoms with Gasteiger partial charge in [-0.3, -0.25) is 9.69 Å². The minimum Gasteiger partial charge on any atom is -0.466 e. The number of carbonyl (C=O) groups excluding carboxylic acids is 3. The molecule has 0 spiro atoms. The molecule has 1 fully saturated rings. The summed E-state index contributed by atoms with van der Waals surface area (Å²) in [5.41, 5.74) is 0.626. The molecule has 1 aliphatic rings. The molecule has 3 rings (SSSR count). The molecule has 144 valence electrons. The second kappa shape index (κ2) is 8.53. The number of hydrogen-bond donors (Lipinski definition) is 1. The molecule has 1 aliphatic heterocycles. The smallest absolute Gasteiger partial charge is 0.358 e. The maximum absolute atomic E-state index is 12.8. The first-order valence-corrected chi connectivity index (χ1v) is 9.03. The number of aromatic amines is 1. The van der Waals surface area contributed by atoms with Gasteiger partial charge in [0.15, 0.2) is 16.7 Å². The lowest BCUT2D eigenvalue weighted by Crippen LogP contribution is -2.28. The Labute approximate surface area is 164 Å².